The molecule has 0 aliphatic heterocycles. The number of hydrogen-bond acceptors (Lipinski definition) is 6. The molecule has 1 aromatic carbocycles. The Kier molecular flexibility index (Phi) is 6.24. The van der Waals surface area contributed by atoms with Gasteiger partial charge in [-0.2, -0.15) is 4.98 Å². The van der Waals surface area contributed by atoms with Gasteiger partial charge in [0.05, 0.1) is 10.6 Å². The summed E-state index contributed by atoms with van der Waals surface area (Å²) in [6.07, 6.45) is 0.811. The van der Waals surface area contributed by atoms with Crippen molar-refractivity contribution < 1.29 is 22.1 Å². The van der Waals surface area contributed by atoms with E-state index in [0.29, 0.717) is 12.5 Å². The third kappa shape index (κ3) is 5.63. The van der Waals surface area contributed by atoms with E-state index in [4.69, 9.17) is 4.52 Å². The van der Waals surface area contributed by atoms with Crippen LogP contribution in [0, 0.1) is 11.7 Å². The van der Waals surface area contributed by atoms with Crippen LogP contribution >= 0.6 is 0 Å². The Balaban J connectivity index is 1.92. The number of carbonyl (C=O) groups is 1. The number of hydrogen-bond donors (Lipinski definition) is 1. The molecule has 25 heavy (non-hydrogen) atoms. The predicted molar refractivity (Wildman–Crippen MR) is 88.2 cm³/mol. The van der Waals surface area contributed by atoms with Crippen LogP contribution in [0.1, 0.15) is 36.8 Å². The van der Waals surface area contributed by atoms with Crippen molar-refractivity contribution in [3.05, 3.63) is 41.8 Å². The fraction of sp³-hybridized carbons (Fsp3) is 0.438. The maximum Gasteiger partial charge on any atom is 0.315 e. The molecule has 0 fully saturated rings. The highest BCUT2D eigenvalue weighted by Gasteiger charge is 2.19. The largest absolute Gasteiger partial charge is 0.348 e. The van der Waals surface area contributed by atoms with Crippen LogP contribution in [0.5, 0.6) is 0 Å². The van der Waals surface area contributed by atoms with E-state index in [1.165, 1.54) is 12.1 Å². The van der Waals surface area contributed by atoms with Gasteiger partial charge in [0.1, 0.15) is 5.82 Å². The molecule has 7 nitrogen and oxygen atoms in total. The van der Waals surface area contributed by atoms with Gasteiger partial charge in [-0.05, 0) is 36.6 Å². The molecule has 1 N–H and O–H groups in total. The van der Waals surface area contributed by atoms with Gasteiger partial charge in [-0.1, -0.05) is 19.0 Å². The second kappa shape index (κ2) is 8.19. The van der Waals surface area contributed by atoms with Gasteiger partial charge in [0.25, 0.3) is 0 Å². The van der Waals surface area contributed by atoms with E-state index in [-0.39, 0.29) is 28.8 Å². The van der Waals surface area contributed by atoms with Gasteiger partial charge < -0.3 is 9.84 Å². The first-order chi connectivity index (χ1) is 11.8. The summed E-state index contributed by atoms with van der Waals surface area (Å²) in [6.45, 7) is 4.57. The Hall–Kier alpha value is -2.29. The maximum absolute atomic E-state index is 12.9. The summed E-state index contributed by atoms with van der Waals surface area (Å²) in [7, 11) is -3.60. The van der Waals surface area contributed by atoms with Gasteiger partial charge in [-0.25, -0.2) is 12.8 Å². The number of aromatic nitrogens is 2. The molecule has 0 bridgehead atoms. The minimum Gasteiger partial charge on any atom is -0.348 e. The maximum atomic E-state index is 12.9. The molecule has 0 aliphatic carbocycles. The monoisotopic (exact) mass is 369 g/mol. The minimum atomic E-state index is -3.60. The highest BCUT2D eigenvalue weighted by Crippen LogP contribution is 2.13. The molecule has 0 radical (unpaired) electrons. The molecule has 9 heteroatoms. The highest BCUT2D eigenvalue weighted by molar-refractivity contribution is 7.91. The first-order valence-electron chi connectivity index (χ1n) is 7.87. The van der Waals surface area contributed by atoms with E-state index < -0.39 is 21.6 Å². The minimum absolute atomic E-state index is 0.0114. The molecular weight excluding hydrogens is 349 g/mol. The van der Waals surface area contributed by atoms with Gasteiger partial charge in [0.15, 0.2) is 15.7 Å². The standard InChI is InChI=1S/C16H20FN3O4S/c1-11(2)7-9-18-15(21)16-19-14(20-24-16)8-10-25(22,23)13-5-3-12(17)4-6-13/h3-6,11H,7-10H2,1-2H3,(H,18,21). The molecule has 1 aromatic heterocycles. The number of nitrogens with zero attached hydrogens (tertiary/aromatic N) is 2. The van der Waals surface area contributed by atoms with Crippen LogP contribution in [0.2, 0.25) is 0 Å². The van der Waals surface area contributed by atoms with Crippen LogP contribution in [0.4, 0.5) is 4.39 Å². The van der Waals surface area contributed by atoms with Crippen LogP contribution in [-0.2, 0) is 16.3 Å². The normalized spacial score (nSPS) is 11.7. The average molecular weight is 369 g/mol. The van der Waals surface area contributed by atoms with Crippen molar-refractivity contribution in [3.8, 4) is 0 Å². The summed E-state index contributed by atoms with van der Waals surface area (Å²) in [6, 6.07) is 4.57. The summed E-state index contributed by atoms with van der Waals surface area (Å²) in [5.74, 6) is -0.883. The summed E-state index contributed by atoms with van der Waals surface area (Å²) in [5.41, 5.74) is 0. The van der Waals surface area contributed by atoms with Gasteiger partial charge in [0, 0.05) is 13.0 Å². The molecule has 0 aliphatic rings. The molecule has 1 heterocycles. The molecule has 0 spiro atoms. The van der Waals surface area contributed by atoms with E-state index in [1.54, 1.807) is 0 Å². The van der Waals surface area contributed by atoms with Crippen molar-refractivity contribution in [3.63, 3.8) is 0 Å². The topological polar surface area (TPSA) is 102 Å². The third-order valence-electron chi connectivity index (χ3n) is 3.44. The average Bonchev–Trinajstić information content (AvgIpc) is 3.02. The van der Waals surface area contributed by atoms with Crippen molar-refractivity contribution in [2.75, 3.05) is 12.3 Å². The lowest BCUT2D eigenvalue weighted by Crippen LogP contribution is -2.25. The fourth-order valence-corrected chi connectivity index (χ4v) is 3.22. The van der Waals surface area contributed by atoms with Crippen LogP contribution in [-0.4, -0.2) is 36.8 Å². The van der Waals surface area contributed by atoms with E-state index >= 15 is 0 Å². The molecule has 0 unspecified atom stereocenters. The first kappa shape index (κ1) is 19.0. The third-order valence-corrected chi connectivity index (χ3v) is 5.17. The first-order valence-corrected chi connectivity index (χ1v) is 9.52. The van der Waals surface area contributed by atoms with Crippen molar-refractivity contribution in [1.82, 2.24) is 15.5 Å². The lowest BCUT2D eigenvalue weighted by Gasteiger charge is -2.04. The molecule has 0 saturated heterocycles. The van der Waals surface area contributed by atoms with Crippen molar-refractivity contribution in [2.24, 2.45) is 5.92 Å². The number of carbonyl (C=O) groups excluding carboxylic acids is 1. The second-order valence-electron chi connectivity index (χ2n) is 5.98. The van der Waals surface area contributed by atoms with Crippen LogP contribution in [0.3, 0.4) is 0 Å². The Morgan fingerprint density at radius 3 is 2.60 bits per heavy atom. The number of aryl methyl sites for hydroxylation is 1. The van der Waals surface area contributed by atoms with Crippen LogP contribution in [0.25, 0.3) is 0 Å². The number of amides is 1. The molecule has 2 rings (SSSR count). The molecule has 136 valence electrons. The summed E-state index contributed by atoms with van der Waals surface area (Å²) < 4.78 is 42.1. The number of halogens is 1. The van der Waals surface area contributed by atoms with Gasteiger partial charge in [0.2, 0.25) is 0 Å². The molecular formula is C16H20FN3O4S. The zero-order chi connectivity index (χ0) is 18.4. The Morgan fingerprint density at radius 1 is 1.28 bits per heavy atom. The quantitative estimate of drug-likeness (QED) is 0.714. The Bertz CT molecular complexity index is 816. The van der Waals surface area contributed by atoms with Gasteiger partial charge in [-0.15, -0.1) is 0 Å². The van der Waals surface area contributed by atoms with Crippen LogP contribution in [0.15, 0.2) is 33.7 Å². The second-order valence-corrected chi connectivity index (χ2v) is 8.09. The van der Waals surface area contributed by atoms with Crippen molar-refractivity contribution in [2.45, 2.75) is 31.6 Å². The van der Waals surface area contributed by atoms with Crippen molar-refractivity contribution in [1.29, 1.82) is 0 Å². The van der Waals surface area contributed by atoms with Crippen molar-refractivity contribution >= 4 is 15.7 Å². The number of rotatable bonds is 8. The van der Waals surface area contributed by atoms with E-state index in [9.17, 15) is 17.6 Å². The smallest absolute Gasteiger partial charge is 0.315 e. The zero-order valence-electron chi connectivity index (χ0n) is 14.0. The van der Waals surface area contributed by atoms with Crippen LogP contribution < -0.4 is 5.32 Å². The lowest BCUT2D eigenvalue weighted by molar-refractivity contribution is 0.0908. The van der Waals surface area contributed by atoms with Gasteiger partial charge in [-0.3, -0.25) is 4.79 Å². The molecule has 0 saturated carbocycles. The SMILES string of the molecule is CC(C)CCNC(=O)c1nc(CCS(=O)(=O)c2ccc(F)cc2)no1. The number of benzene rings is 1. The molecule has 1 amide bonds. The van der Waals surface area contributed by atoms with E-state index in [2.05, 4.69) is 15.5 Å². The number of nitrogens with one attached hydrogen (secondary N) is 1. The summed E-state index contributed by atoms with van der Waals surface area (Å²) in [5, 5.41) is 6.28. The highest BCUT2D eigenvalue weighted by atomic mass is 32.2. The Morgan fingerprint density at radius 2 is 1.96 bits per heavy atom. The zero-order valence-corrected chi connectivity index (χ0v) is 14.8. The molecule has 2 aromatic rings. The fourth-order valence-electron chi connectivity index (χ4n) is 1.98. The summed E-state index contributed by atoms with van der Waals surface area (Å²) >= 11 is 0. The predicted octanol–water partition coefficient (Wildman–Crippen LogP) is 2.00. The summed E-state index contributed by atoms with van der Waals surface area (Å²) in [4.78, 5) is 15.8. The Labute approximate surface area is 145 Å². The lowest BCUT2D eigenvalue weighted by atomic mass is 10.1. The molecule has 0 atom stereocenters. The number of sulfone groups is 1. The van der Waals surface area contributed by atoms with Gasteiger partial charge >= 0.3 is 11.8 Å². The van der Waals surface area contributed by atoms with E-state index in [0.717, 1.165) is 18.6 Å². The van der Waals surface area contributed by atoms with E-state index in [1.807, 2.05) is 13.8 Å².